The summed E-state index contributed by atoms with van der Waals surface area (Å²) in [4.78, 5) is 11.2. The summed E-state index contributed by atoms with van der Waals surface area (Å²) in [7, 11) is 0. The molecule has 1 aromatic carbocycles. The van der Waals surface area contributed by atoms with Gasteiger partial charge in [-0.15, -0.1) is 0 Å². The molecule has 2 heterocycles. The van der Waals surface area contributed by atoms with Crippen LogP contribution in [0.3, 0.4) is 0 Å². The van der Waals surface area contributed by atoms with Crippen molar-refractivity contribution in [2.24, 2.45) is 0 Å². The normalized spacial score (nSPS) is 15.0. The van der Waals surface area contributed by atoms with Crippen molar-refractivity contribution in [3.8, 4) is 0 Å². The van der Waals surface area contributed by atoms with Gasteiger partial charge < -0.3 is 15.0 Å². The van der Waals surface area contributed by atoms with Crippen LogP contribution < -0.4 is 10.2 Å². The quantitative estimate of drug-likeness (QED) is 0.925. The fourth-order valence-corrected chi connectivity index (χ4v) is 2.76. The molecule has 0 unspecified atom stereocenters. The van der Waals surface area contributed by atoms with Crippen LogP contribution in [-0.2, 0) is 4.74 Å². The van der Waals surface area contributed by atoms with Crippen molar-refractivity contribution in [3.05, 3.63) is 40.0 Å². The molecular formula is C15H16Cl2N4O. The molecule has 3 rings (SSSR count). The first-order valence-electron chi connectivity index (χ1n) is 7.03. The number of hydrogen-bond acceptors (Lipinski definition) is 5. The van der Waals surface area contributed by atoms with Gasteiger partial charge >= 0.3 is 0 Å². The second kappa shape index (κ2) is 6.69. The largest absolute Gasteiger partial charge is 0.378 e. The molecule has 1 saturated heterocycles. The third kappa shape index (κ3) is 3.43. The SMILES string of the molecule is Cc1cc(Nc2c(Cl)cccc2Cl)nc(N2CCOCC2)n1. The van der Waals surface area contributed by atoms with E-state index in [4.69, 9.17) is 27.9 Å². The van der Waals surface area contributed by atoms with Crippen LogP contribution in [0.1, 0.15) is 5.69 Å². The van der Waals surface area contributed by atoms with Crippen molar-refractivity contribution in [1.29, 1.82) is 0 Å². The Balaban J connectivity index is 1.89. The number of benzene rings is 1. The maximum Gasteiger partial charge on any atom is 0.227 e. The number of hydrogen-bond donors (Lipinski definition) is 1. The molecule has 0 spiro atoms. The molecule has 1 aromatic heterocycles. The first kappa shape index (κ1) is 15.3. The first-order chi connectivity index (χ1) is 10.6. The summed E-state index contributed by atoms with van der Waals surface area (Å²) >= 11 is 12.4. The number of rotatable bonds is 3. The molecule has 5 nitrogen and oxygen atoms in total. The molecule has 1 N–H and O–H groups in total. The highest BCUT2D eigenvalue weighted by atomic mass is 35.5. The van der Waals surface area contributed by atoms with Gasteiger partial charge in [-0.25, -0.2) is 4.98 Å². The molecule has 0 amide bonds. The Bertz CT molecular complexity index is 654. The molecule has 116 valence electrons. The van der Waals surface area contributed by atoms with Gasteiger partial charge in [0.1, 0.15) is 5.82 Å². The summed E-state index contributed by atoms with van der Waals surface area (Å²) < 4.78 is 5.36. The highest BCUT2D eigenvalue weighted by Crippen LogP contribution is 2.32. The summed E-state index contributed by atoms with van der Waals surface area (Å²) in [5, 5.41) is 4.29. The van der Waals surface area contributed by atoms with E-state index in [-0.39, 0.29) is 0 Å². The third-order valence-corrected chi connectivity index (χ3v) is 3.98. The van der Waals surface area contributed by atoms with Gasteiger partial charge in [-0.05, 0) is 19.1 Å². The van der Waals surface area contributed by atoms with Crippen molar-refractivity contribution in [2.45, 2.75) is 6.92 Å². The van der Waals surface area contributed by atoms with Crippen molar-refractivity contribution in [2.75, 3.05) is 36.5 Å². The van der Waals surface area contributed by atoms with Crippen molar-refractivity contribution in [3.63, 3.8) is 0 Å². The minimum Gasteiger partial charge on any atom is -0.378 e. The minimum atomic E-state index is 0.552. The Morgan fingerprint density at radius 2 is 1.82 bits per heavy atom. The summed E-state index contributed by atoms with van der Waals surface area (Å²) in [6.45, 7) is 4.89. The lowest BCUT2D eigenvalue weighted by Crippen LogP contribution is -2.37. The van der Waals surface area contributed by atoms with Gasteiger partial charge in [0, 0.05) is 24.8 Å². The number of nitrogens with one attached hydrogen (secondary N) is 1. The van der Waals surface area contributed by atoms with E-state index in [0.29, 0.717) is 40.7 Å². The van der Waals surface area contributed by atoms with E-state index in [0.717, 1.165) is 18.8 Å². The van der Waals surface area contributed by atoms with E-state index >= 15 is 0 Å². The zero-order valence-electron chi connectivity index (χ0n) is 12.1. The molecule has 2 aromatic rings. The lowest BCUT2D eigenvalue weighted by atomic mass is 10.3. The van der Waals surface area contributed by atoms with Gasteiger partial charge in [0.25, 0.3) is 0 Å². The van der Waals surface area contributed by atoms with E-state index in [1.54, 1.807) is 18.2 Å². The Morgan fingerprint density at radius 3 is 2.50 bits per heavy atom. The molecule has 7 heteroatoms. The number of halogens is 2. The molecule has 22 heavy (non-hydrogen) atoms. The lowest BCUT2D eigenvalue weighted by Gasteiger charge is -2.27. The van der Waals surface area contributed by atoms with Gasteiger partial charge in [-0.2, -0.15) is 4.98 Å². The number of aryl methyl sites for hydroxylation is 1. The van der Waals surface area contributed by atoms with Crippen LogP contribution in [0, 0.1) is 6.92 Å². The van der Waals surface area contributed by atoms with Crippen molar-refractivity contribution in [1.82, 2.24) is 9.97 Å². The summed E-state index contributed by atoms with van der Waals surface area (Å²) in [6, 6.07) is 7.24. The predicted octanol–water partition coefficient (Wildman–Crippen LogP) is 3.67. The second-order valence-electron chi connectivity index (χ2n) is 5.02. The maximum absolute atomic E-state index is 6.19. The molecule has 1 aliphatic rings. The lowest BCUT2D eigenvalue weighted by molar-refractivity contribution is 0.122. The molecule has 1 fully saturated rings. The van der Waals surface area contributed by atoms with Gasteiger partial charge in [0.15, 0.2) is 0 Å². The average molecular weight is 339 g/mol. The van der Waals surface area contributed by atoms with E-state index < -0.39 is 0 Å². The zero-order chi connectivity index (χ0) is 15.5. The van der Waals surface area contributed by atoms with Crippen LogP contribution in [0.25, 0.3) is 0 Å². The van der Waals surface area contributed by atoms with Gasteiger partial charge in [-0.3, -0.25) is 0 Å². The van der Waals surface area contributed by atoms with Crippen LogP contribution in [0.5, 0.6) is 0 Å². The molecule has 0 radical (unpaired) electrons. The monoisotopic (exact) mass is 338 g/mol. The minimum absolute atomic E-state index is 0.552. The summed E-state index contributed by atoms with van der Waals surface area (Å²) in [6.07, 6.45) is 0. The molecular weight excluding hydrogens is 323 g/mol. The number of ether oxygens (including phenoxy) is 1. The van der Waals surface area contributed by atoms with Gasteiger partial charge in [0.05, 0.1) is 28.9 Å². The Labute approximate surface area is 139 Å². The number of para-hydroxylation sites is 1. The number of morpholine rings is 1. The van der Waals surface area contributed by atoms with Crippen LogP contribution in [0.15, 0.2) is 24.3 Å². The van der Waals surface area contributed by atoms with Crippen LogP contribution >= 0.6 is 23.2 Å². The Hall–Kier alpha value is -1.56. The van der Waals surface area contributed by atoms with Gasteiger partial charge in [0.2, 0.25) is 5.95 Å². The van der Waals surface area contributed by atoms with E-state index in [2.05, 4.69) is 20.2 Å². The third-order valence-electron chi connectivity index (χ3n) is 3.35. The molecule has 0 saturated carbocycles. The maximum atomic E-state index is 6.19. The first-order valence-corrected chi connectivity index (χ1v) is 7.78. The van der Waals surface area contributed by atoms with E-state index in [9.17, 15) is 0 Å². The molecule has 1 aliphatic heterocycles. The Kier molecular flexibility index (Phi) is 4.66. The Morgan fingerprint density at radius 1 is 1.14 bits per heavy atom. The highest BCUT2D eigenvalue weighted by Gasteiger charge is 2.15. The fourth-order valence-electron chi connectivity index (χ4n) is 2.27. The van der Waals surface area contributed by atoms with Gasteiger partial charge in [-0.1, -0.05) is 29.3 Å². The highest BCUT2D eigenvalue weighted by molar-refractivity contribution is 6.39. The van der Waals surface area contributed by atoms with Crippen molar-refractivity contribution < 1.29 is 4.74 Å². The van der Waals surface area contributed by atoms with Crippen LogP contribution in [0.2, 0.25) is 10.0 Å². The van der Waals surface area contributed by atoms with Crippen LogP contribution in [0.4, 0.5) is 17.5 Å². The number of aromatic nitrogens is 2. The predicted molar refractivity (Wildman–Crippen MR) is 89.5 cm³/mol. The average Bonchev–Trinajstić information content (AvgIpc) is 2.51. The molecule has 0 bridgehead atoms. The fraction of sp³-hybridized carbons (Fsp3) is 0.333. The zero-order valence-corrected chi connectivity index (χ0v) is 13.7. The summed E-state index contributed by atoms with van der Waals surface area (Å²) in [5.74, 6) is 1.36. The second-order valence-corrected chi connectivity index (χ2v) is 5.83. The summed E-state index contributed by atoms with van der Waals surface area (Å²) in [5.41, 5.74) is 1.53. The smallest absolute Gasteiger partial charge is 0.227 e. The molecule has 0 atom stereocenters. The number of nitrogens with zero attached hydrogens (tertiary/aromatic N) is 3. The van der Waals surface area contributed by atoms with Crippen LogP contribution in [-0.4, -0.2) is 36.3 Å². The molecule has 0 aliphatic carbocycles. The standard InChI is InChI=1S/C15H16Cl2N4O/c1-10-9-13(19-14-11(16)3-2-4-12(14)17)20-15(18-10)21-5-7-22-8-6-21/h2-4,9H,5-8H2,1H3,(H,18,19,20). The number of anilines is 3. The van der Waals surface area contributed by atoms with Crippen molar-refractivity contribution >= 4 is 40.7 Å². The topological polar surface area (TPSA) is 50.3 Å². The van der Waals surface area contributed by atoms with E-state index in [1.807, 2.05) is 13.0 Å². The van der Waals surface area contributed by atoms with E-state index in [1.165, 1.54) is 0 Å².